The van der Waals surface area contributed by atoms with Crippen molar-refractivity contribution < 1.29 is 14.0 Å². The van der Waals surface area contributed by atoms with Crippen LogP contribution in [0.5, 0.6) is 5.75 Å². The maximum atomic E-state index is 12.9. The van der Waals surface area contributed by atoms with Crippen molar-refractivity contribution in [2.75, 3.05) is 6.61 Å². The number of pyridine rings is 2. The van der Waals surface area contributed by atoms with Crippen LogP contribution in [0.15, 0.2) is 41.8 Å². The Morgan fingerprint density at radius 2 is 2.25 bits per heavy atom. The molecule has 0 N–H and O–H groups in total. The largest absolute Gasteiger partial charge is 0.487 e. The molecule has 2 aromatic heterocycles. The van der Waals surface area contributed by atoms with E-state index in [-0.39, 0.29) is 6.10 Å². The molecule has 0 amide bonds. The molecule has 0 spiro atoms. The highest BCUT2D eigenvalue weighted by molar-refractivity contribution is 5.65. The number of nitrogens with zero attached hydrogens (tertiary/aromatic N) is 3. The molecule has 0 aromatic carbocycles. The molecule has 0 bridgehead atoms. The summed E-state index contributed by atoms with van der Waals surface area (Å²) in [6, 6.07) is 6.50. The van der Waals surface area contributed by atoms with E-state index in [1.165, 1.54) is 12.3 Å². The Kier molecular flexibility index (Phi) is 3.54. The van der Waals surface area contributed by atoms with E-state index in [0.717, 1.165) is 6.42 Å². The first-order valence-electron chi connectivity index (χ1n) is 6.20. The summed E-state index contributed by atoms with van der Waals surface area (Å²) in [6.45, 7) is 0.382. The molecule has 1 aliphatic heterocycles. The Hall–Kier alpha value is -2.50. The Morgan fingerprint density at radius 1 is 1.30 bits per heavy atom. The number of hydrogen-bond donors (Lipinski definition) is 0. The lowest BCUT2D eigenvalue weighted by molar-refractivity contribution is 0.0472. The van der Waals surface area contributed by atoms with E-state index < -0.39 is 5.95 Å². The second-order valence-electron chi connectivity index (χ2n) is 4.28. The maximum absolute atomic E-state index is 12.9. The number of aromatic nitrogens is 2. The minimum Gasteiger partial charge on any atom is -0.487 e. The normalized spacial score (nSPS) is 16.9. The average molecular weight is 273 g/mol. The monoisotopic (exact) mass is 273 g/mol. The Labute approximate surface area is 115 Å². The van der Waals surface area contributed by atoms with Crippen LogP contribution in [0, 0.1) is 5.95 Å². The molecule has 6 heteroatoms. The van der Waals surface area contributed by atoms with Gasteiger partial charge in [-0.2, -0.15) is 4.39 Å². The fourth-order valence-corrected chi connectivity index (χ4v) is 1.85. The number of ether oxygens (including phenoxy) is 1. The SMILES string of the molecule is Fc1ccc(-c2ncccc2OCC2CC=NO2)cn1. The summed E-state index contributed by atoms with van der Waals surface area (Å²) in [7, 11) is 0. The fourth-order valence-electron chi connectivity index (χ4n) is 1.85. The van der Waals surface area contributed by atoms with Crippen molar-refractivity contribution in [3.8, 4) is 17.0 Å². The van der Waals surface area contributed by atoms with Crippen molar-refractivity contribution in [1.82, 2.24) is 9.97 Å². The van der Waals surface area contributed by atoms with Gasteiger partial charge in [0.15, 0.2) is 6.10 Å². The van der Waals surface area contributed by atoms with Crippen LogP contribution < -0.4 is 4.74 Å². The zero-order valence-electron chi connectivity index (χ0n) is 10.6. The molecule has 20 heavy (non-hydrogen) atoms. The second-order valence-corrected chi connectivity index (χ2v) is 4.28. The van der Waals surface area contributed by atoms with Gasteiger partial charge in [-0.3, -0.25) is 4.98 Å². The molecule has 0 aliphatic carbocycles. The minimum atomic E-state index is -0.524. The van der Waals surface area contributed by atoms with E-state index in [1.807, 2.05) is 6.07 Å². The van der Waals surface area contributed by atoms with Gasteiger partial charge < -0.3 is 9.57 Å². The predicted molar refractivity (Wildman–Crippen MR) is 70.9 cm³/mol. The number of oxime groups is 1. The van der Waals surface area contributed by atoms with Crippen molar-refractivity contribution in [3.05, 3.63) is 42.6 Å². The van der Waals surface area contributed by atoms with Gasteiger partial charge in [-0.25, -0.2) is 4.98 Å². The lowest BCUT2D eigenvalue weighted by Crippen LogP contribution is -2.17. The van der Waals surface area contributed by atoms with Gasteiger partial charge in [-0.1, -0.05) is 5.16 Å². The van der Waals surface area contributed by atoms with Gasteiger partial charge >= 0.3 is 0 Å². The van der Waals surface area contributed by atoms with Crippen LogP contribution in [0.4, 0.5) is 4.39 Å². The van der Waals surface area contributed by atoms with Crippen molar-refractivity contribution in [2.24, 2.45) is 5.16 Å². The van der Waals surface area contributed by atoms with E-state index >= 15 is 0 Å². The zero-order valence-corrected chi connectivity index (χ0v) is 10.6. The maximum Gasteiger partial charge on any atom is 0.212 e. The van der Waals surface area contributed by atoms with Gasteiger partial charge in [0.2, 0.25) is 5.95 Å². The van der Waals surface area contributed by atoms with Crippen LogP contribution in [0.2, 0.25) is 0 Å². The molecule has 1 unspecified atom stereocenters. The zero-order chi connectivity index (χ0) is 13.8. The summed E-state index contributed by atoms with van der Waals surface area (Å²) >= 11 is 0. The quantitative estimate of drug-likeness (QED) is 0.803. The Morgan fingerprint density at radius 3 is 3.00 bits per heavy atom. The van der Waals surface area contributed by atoms with Crippen molar-refractivity contribution in [2.45, 2.75) is 12.5 Å². The first-order chi connectivity index (χ1) is 9.83. The highest BCUT2D eigenvalue weighted by Crippen LogP contribution is 2.27. The van der Waals surface area contributed by atoms with E-state index in [1.54, 1.807) is 24.5 Å². The molecule has 3 rings (SSSR count). The molecule has 0 saturated carbocycles. The van der Waals surface area contributed by atoms with Crippen LogP contribution in [0.3, 0.4) is 0 Å². The summed E-state index contributed by atoms with van der Waals surface area (Å²) in [6.07, 6.45) is 5.45. The summed E-state index contributed by atoms with van der Waals surface area (Å²) < 4.78 is 18.6. The fraction of sp³-hybridized carbons (Fsp3) is 0.214. The van der Waals surface area contributed by atoms with E-state index in [9.17, 15) is 4.39 Å². The lowest BCUT2D eigenvalue weighted by atomic mass is 10.2. The van der Waals surface area contributed by atoms with Crippen LogP contribution in [0.1, 0.15) is 6.42 Å². The van der Waals surface area contributed by atoms with Gasteiger partial charge in [-0.15, -0.1) is 0 Å². The van der Waals surface area contributed by atoms with Crippen LogP contribution in [0.25, 0.3) is 11.3 Å². The summed E-state index contributed by atoms with van der Waals surface area (Å²) in [5.74, 6) is 0.0834. The summed E-state index contributed by atoms with van der Waals surface area (Å²) in [5, 5.41) is 3.70. The molecule has 0 radical (unpaired) electrons. The molecule has 0 fully saturated rings. The van der Waals surface area contributed by atoms with Gasteiger partial charge in [-0.05, 0) is 24.3 Å². The molecule has 1 atom stereocenters. The second kappa shape index (κ2) is 5.64. The van der Waals surface area contributed by atoms with Gasteiger partial charge in [0.05, 0.1) is 0 Å². The standard InChI is InChI=1S/C14H12FN3O2/c15-13-4-3-10(8-17-13)14-12(2-1-6-16-14)19-9-11-5-7-18-20-11/h1-4,6-8,11H,5,9H2. The topological polar surface area (TPSA) is 56.6 Å². The Balaban J connectivity index is 1.78. The molecule has 102 valence electrons. The molecule has 3 heterocycles. The molecular formula is C14H12FN3O2. The molecule has 2 aromatic rings. The van der Waals surface area contributed by atoms with Crippen molar-refractivity contribution >= 4 is 6.21 Å². The van der Waals surface area contributed by atoms with Crippen molar-refractivity contribution in [3.63, 3.8) is 0 Å². The highest BCUT2D eigenvalue weighted by atomic mass is 19.1. The van der Waals surface area contributed by atoms with E-state index in [4.69, 9.17) is 9.57 Å². The molecule has 5 nitrogen and oxygen atoms in total. The van der Waals surface area contributed by atoms with Crippen LogP contribution >= 0.6 is 0 Å². The molecule has 1 aliphatic rings. The average Bonchev–Trinajstić information content (AvgIpc) is 3.00. The third-order valence-electron chi connectivity index (χ3n) is 2.85. The van der Waals surface area contributed by atoms with E-state index in [0.29, 0.717) is 23.6 Å². The Bertz CT molecular complexity index is 608. The third-order valence-corrected chi connectivity index (χ3v) is 2.85. The first kappa shape index (κ1) is 12.5. The molecular weight excluding hydrogens is 261 g/mol. The predicted octanol–water partition coefficient (Wildman–Crippen LogP) is 2.44. The van der Waals surface area contributed by atoms with E-state index in [2.05, 4.69) is 15.1 Å². The van der Waals surface area contributed by atoms with Crippen LogP contribution in [-0.4, -0.2) is 28.9 Å². The van der Waals surface area contributed by atoms with Crippen LogP contribution in [-0.2, 0) is 4.84 Å². The third kappa shape index (κ3) is 2.74. The molecule has 0 saturated heterocycles. The van der Waals surface area contributed by atoms with Gasteiger partial charge in [0, 0.05) is 30.6 Å². The van der Waals surface area contributed by atoms with Gasteiger partial charge in [0.25, 0.3) is 0 Å². The lowest BCUT2D eigenvalue weighted by Gasteiger charge is -2.13. The number of halogens is 1. The highest BCUT2D eigenvalue weighted by Gasteiger charge is 2.16. The van der Waals surface area contributed by atoms with Gasteiger partial charge in [0.1, 0.15) is 18.1 Å². The summed E-state index contributed by atoms with van der Waals surface area (Å²) in [4.78, 5) is 13.0. The first-order valence-corrected chi connectivity index (χ1v) is 6.20. The number of hydrogen-bond acceptors (Lipinski definition) is 5. The minimum absolute atomic E-state index is 0.0746. The smallest absolute Gasteiger partial charge is 0.212 e. The van der Waals surface area contributed by atoms with Crippen molar-refractivity contribution in [1.29, 1.82) is 0 Å². The summed E-state index contributed by atoms with van der Waals surface area (Å²) in [5.41, 5.74) is 1.32. The number of rotatable bonds is 4.